The fourth-order valence-corrected chi connectivity index (χ4v) is 3.74. The highest BCUT2D eigenvalue weighted by atomic mass is 16.3. The number of quaternary nitrogens is 1. The van der Waals surface area contributed by atoms with E-state index in [0.717, 1.165) is 18.4 Å². The number of aliphatic hydroxyl groups excluding tert-OH is 1. The summed E-state index contributed by atoms with van der Waals surface area (Å²) >= 11 is 0. The normalized spacial score (nSPS) is 43.3. The van der Waals surface area contributed by atoms with Crippen LogP contribution in [0.25, 0.3) is 0 Å². The summed E-state index contributed by atoms with van der Waals surface area (Å²) in [6.07, 6.45) is 8.01. The monoisotopic (exact) mass is 198 g/mol. The number of rotatable bonds is 2. The quantitative estimate of drug-likeness (QED) is 0.671. The van der Waals surface area contributed by atoms with Gasteiger partial charge in [0.2, 0.25) is 0 Å². The van der Waals surface area contributed by atoms with Crippen molar-refractivity contribution in [3.63, 3.8) is 0 Å². The van der Waals surface area contributed by atoms with E-state index in [1.807, 2.05) is 0 Å². The molecule has 0 aromatic heterocycles. The van der Waals surface area contributed by atoms with E-state index in [1.165, 1.54) is 49.7 Å². The number of aliphatic hydroxyl groups is 1. The minimum absolute atomic E-state index is 0.390. The van der Waals surface area contributed by atoms with Crippen LogP contribution in [0.4, 0.5) is 0 Å². The number of piperidine rings is 2. The molecule has 0 radical (unpaired) electrons. The van der Waals surface area contributed by atoms with Gasteiger partial charge in [0.15, 0.2) is 0 Å². The van der Waals surface area contributed by atoms with Crippen molar-refractivity contribution in [2.24, 2.45) is 5.92 Å². The summed E-state index contributed by atoms with van der Waals surface area (Å²) in [7, 11) is 2.44. The van der Waals surface area contributed by atoms with Crippen molar-refractivity contribution in [2.45, 2.75) is 44.6 Å². The van der Waals surface area contributed by atoms with E-state index in [1.54, 1.807) is 0 Å². The predicted molar refractivity (Wildman–Crippen MR) is 58.0 cm³/mol. The summed E-state index contributed by atoms with van der Waals surface area (Å²) in [6, 6.07) is 0.865. The van der Waals surface area contributed by atoms with Crippen molar-refractivity contribution in [3.8, 4) is 0 Å². The van der Waals surface area contributed by atoms with E-state index in [2.05, 4.69) is 7.05 Å². The van der Waals surface area contributed by atoms with Crippen LogP contribution in [0, 0.1) is 5.92 Å². The average molecular weight is 198 g/mol. The van der Waals surface area contributed by atoms with E-state index in [4.69, 9.17) is 5.11 Å². The molecule has 82 valence electrons. The first-order valence-electron chi connectivity index (χ1n) is 6.21. The molecule has 0 aliphatic carbocycles. The molecule has 2 aliphatic heterocycles. The lowest BCUT2D eigenvalue weighted by Crippen LogP contribution is -2.60. The van der Waals surface area contributed by atoms with Gasteiger partial charge < -0.3 is 9.59 Å². The van der Waals surface area contributed by atoms with Gasteiger partial charge in [-0.25, -0.2) is 0 Å². The Labute approximate surface area is 87.5 Å². The Balaban J connectivity index is 2.06. The first-order valence-corrected chi connectivity index (χ1v) is 6.21. The Morgan fingerprint density at radius 1 is 1.14 bits per heavy atom. The number of hydrogen-bond donors (Lipinski definition) is 1. The van der Waals surface area contributed by atoms with Gasteiger partial charge in [0.25, 0.3) is 0 Å². The molecule has 1 N–H and O–H groups in total. The molecule has 2 heterocycles. The maximum atomic E-state index is 9.09. The Bertz CT molecular complexity index is 189. The molecule has 2 fully saturated rings. The molecule has 14 heavy (non-hydrogen) atoms. The molecule has 3 atom stereocenters. The molecule has 2 rings (SSSR count). The maximum Gasteiger partial charge on any atom is 0.0917 e. The largest absolute Gasteiger partial charge is 0.396 e. The fraction of sp³-hybridized carbons (Fsp3) is 1.00. The third kappa shape index (κ3) is 1.82. The van der Waals surface area contributed by atoms with Gasteiger partial charge >= 0.3 is 0 Å². The van der Waals surface area contributed by atoms with E-state index in [0.29, 0.717) is 6.61 Å². The van der Waals surface area contributed by atoms with Crippen LogP contribution in [-0.4, -0.2) is 42.4 Å². The molecule has 0 spiro atoms. The van der Waals surface area contributed by atoms with Crippen molar-refractivity contribution in [3.05, 3.63) is 0 Å². The van der Waals surface area contributed by atoms with Gasteiger partial charge in [0.1, 0.15) is 0 Å². The second-order valence-corrected chi connectivity index (χ2v) is 5.40. The van der Waals surface area contributed by atoms with Gasteiger partial charge in [-0.2, -0.15) is 0 Å². The smallest absolute Gasteiger partial charge is 0.0917 e. The van der Waals surface area contributed by atoms with Crippen LogP contribution in [-0.2, 0) is 0 Å². The van der Waals surface area contributed by atoms with Gasteiger partial charge in [-0.1, -0.05) is 0 Å². The second kappa shape index (κ2) is 4.19. The molecule has 0 amide bonds. The number of fused-ring (bicyclic) bond motifs is 1. The highest BCUT2D eigenvalue weighted by Crippen LogP contribution is 2.37. The highest BCUT2D eigenvalue weighted by molar-refractivity contribution is 4.78. The Hall–Kier alpha value is -0.0800. The molecule has 2 heteroatoms. The van der Waals surface area contributed by atoms with Crippen LogP contribution < -0.4 is 0 Å². The van der Waals surface area contributed by atoms with Crippen molar-refractivity contribution in [1.82, 2.24) is 0 Å². The van der Waals surface area contributed by atoms with Gasteiger partial charge in [0, 0.05) is 12.5 Å². The predicted octanol–water partition coefficient (Wildman–Crippen LogP) is 1.78. The minimum atomic E-state index is 0.390. The topological polar surface area (TPSA) is 20.2 Å². The van der Waals surface area contributed by atoms with Gasteiger partial charge in [-0.15, -0.1) is 0 Å². The van der Waals surface area contributed by atoms with Gasteiger partial charge in [-0.3, -0.25) is 0 Å². The lowest BCUT2D eigenvalue weighted by Gasteiger charge is -2.51. The van der Waals surface area contributed by atoms with E-state index >= 15 is 0 Å². The van der Waals surface area contributed by atoms with Crippen LogP contribution >= 0.6 is 0 Å². The van der Waals surface area contributed by atoms with Crippen molar-refractivity contribution >= 4 is 0 Å². The van der Waals surface area contributed by atoms with E-state index in [-0.39, 0.29) is 0 Å². The molecule has 2 saturated heterocycles. The molecule has 0 aromatic carbocycles. The number of nitrogens with zero attached hydrogens (tertiary/aromatic N) is 1. The van der Waals surface area contributed by atoms with E-state index < -0.39 is 0 Å². The number of hydrogen-bond acceptors (Lipinski definition) is 1. The first kappa shape index (κ1) is 10.4. The molecule has 2 nitrogen and oxygen atoms in total. The van der Waals surface area contributed by atoms with Crippen molar-refractivity contribution in [1.29, 1.82) is 0 Å². The summed E-state index contributed by atoms with van der Waals surface area (Å²) in [6.45, 7) is 3.15. The molecule has 0 bridgehead atoms. The van der Waals surface area contributed by atoms with Crippen LogP contribution in [0.3, 0.4) is 0 Å². The van der Waals surface area contributed by atoms with Crippen LogP contribution in [0.15, 0.2) is 0 Å². The van der Waals surface area contributed by atoms with Gasteiger partial charge in [-0.05, 0) is 38.5 Å². The lowest BCUT2D eigenvalue weighted by atomic mass is 9.80. The van der Waals surface area contributed by atoms with E-state index in [9.17, 15) is 0 Å². The third-order valence-corrected chi connectivity index (χ3v) is 4.51. The summed E-state index contributed by atoms with van der Waals surface area (Å²) in [5.74, 6) is 0.805. The lowest BCUT2D eigenvalue weighted by molar-refractivity contribution is -0.947. The molecule has 0 saturated carbocycles. The standard InChI is InChI=1S/C12H24NO/c1-13-8-3-2-6-12(13)11(7-10-14)5-4-9-13/h11-12,14H,2-10H2,1H3/q+1/t11-,12?,13?/m0/s1. The zero-order valence-electron chi connectivity index (χ0n) is 9.41. The summed E-state index contributed by atoms with van der Waals surface area (Å²) in [4.78, 5) is 0. The third-order valence-electron chi connectivity index (χ3n) is 4.51. The highest BCUT2D eigenvalue weighted by Gasteiger charge is 2.42. The Kier molecular flexibility index (Phi) is 3.13. The maximum absolute atomic E-state index is 9.09. The SMILES string of the molecule is C[N+]12CCCCC1[C@H](CCO)CCC2. The summed E-state index contributed by atoms with van der Waals surface area (Å²) in [5.41, 5.74) is 0. The van der Waals surface area contributed by atoms with Crippen LogP contribution in [0.2, 0.25) is 0 Å². The first-order chi connectivity index (χ1) is 6.76. The average Bonchev–Trinajstić information content (AvgIpc) is 2.18. The minimum Gasteiger partial charge on any atom is -0.396 e. The van der Waals surface area contributed by atoms with Crippen LogP contribution in [0.1, 0.15) is 38.5 Å². The molecular weight excluding hydrogens is 174 g/mol. The molecular formula is C12H24NO+. The Morgan fingerprint density at radius 2 is 1.93 bits per heavy atom. The Morgan fingerprint density at radius 3 is 2.71 bits per heavy atom. The van der Waals surface area contributed by atoms with Crippen molar-refractivity contribution in [2.75, 3.05) is 26.7 Å². The molecule has 0 aromatic rings. The zero-order chi connectivity index (χ0) is 10.0. The molecule has 2 aliphatic rings. The zero-order valence-corrected chi connectivity index (χ0v) is 9.41. The van der Waals surface area contributed by atoms with Crippen molar-refractivity contribution < 1.29 is 9.59 Å². The summed E-state index contributed by atoms with van der Waals surface area (Å²) < 4.78 is 1.31. The fourth-order valence-electron chi connectivity index (χ4n) is 3.74. The summed E-state index contributed by atoms with van der Waals surface area (Å²) in [5, 5.41) is 9.09. The van der Waals surface area contributed by atoms with Gasteiger partial charge in [0.05, 0.1) is 26.2 Å². The van der Waals surface area contributed by atoms with Crippen LogP contribution in [0.5, 0.6) is 0 Å². The molecule has 2 unspecified atom stereocenters. The second-order valence-electron chi connectivity index (χ2n) is 5.40.